The number of carbonyl (C=O) groups excluding carboxylic acids is 2. The van der Waals surface area contributed by atoms with Crippen LogP contribution in [0.15, 0.2) is 47.1 Å². The van der Waals surface area contributed by atoms with Crippen LogP contribution in [0.1, 0.15) is 0 Å². The summed E-state index contributed by atoms with van der Waals surface area (Å²) in [5, 5.41) is 3.11. The lowest BCUT2D eigenvalue weighted by Gasteiger charge is -2.17. The molecule has 27 heavy (non-hydrogen) atoms. The van der Waals surface area contributed by atoms with Gasteiger partial charge in [0.15, 0.2) is 0 Å². The van der Waals surface area contributed by atoms with E-state index >= 15 is 0 Å². The van der Waals surface area contributed by atoms with E-state index in [2.05, 4.69) is 5.32 Å². The molecule has 2 aromatic rings. The smallest absolute Gasteiger partial charge is 0.283 e. The molecule has 6 nitrogen and oxygen atoms in total. The van der Waals surface area contributed by atoms with Crippen molar-refractivity contribution >= 4 is 58.0 Å². The van der Waals surface area contributed by atoms with Crippen molar-refractivity contribution in [3.63, 3.8) is 0 Å². The van der Waals surface area contributed by atoms with Gasteiger partial charge in [-0.3, -0.25) is 9.59 Å². The molecule has 9 heteroatoms. The first kappa shape index (κ1) is 19.4. The quantitative estimate of drug-likeness (QED) is 0.714. The van der Waals surface area contributed by atoms with Crippen molar-refractivity contribution in [3.05, 3.63) is 57.2 Å². The number of rotatable bonds is 5. The number of anilines is 2. The standard InChI is InChI=1S/C18H13Cl3N2O4/c1-26-10-4-6-14(27-2)12(8-10)22-16-15(21)17(24)23(18(16)25)13-5-3-9(19)7-11(13)20/h3-8,22H,1-2H3. The molecule has 140 valence electrons. The molecule has 0 saturated heterocycles. The van der Waals surface area contributed by atoms with Gasteiger partial charge in [-0.1, -0.05) is 34.8 Å². The zero-order chi connectivity index (χ0) is 19.7. The molecule has 2 aromatic carbocycles. The normalized spacial score (nSPS) is 14.0. The third-order valence-electron chi connectivity index (χ3n) is 3.84. The van der Waals surface area contributed by atoms with E-state index in [1.807, 2.05) is 0 Å². The van der Waals surface area contributed by atoms with E-state index in [-0.39, 0.29) is 21.4 Å². The number of carbonyl (C=O) groups is 2. The van der Waals surface area contributed by atoms with Gasteiger partial charge in [-0.2, -0.15) is 0 Å². The molecular formula is C18H13Cl3N2O4. The predicted octanol–water partition coefficient (Wildman–Crippen LogP) is 4.45. The average Bonchev–Trinajstić information content (AvgIpc) is 2.85. The molecule has 1 aliphatic heterocycles. The number of amides is 2. The fraction of sp³-hybridized carbons (Fsp3) is 0.111. The third kappa shape index (κ3) is 3.56. The number of benzene rings is 2. The third-order valence-corrected chi connectivity index (χ3v) is 4.73. The Morgan fingerprint density at radius 3 is 2.30 bits per heavy atom. The van der Waals surface area contributed by atoms with Crippen molar-refractivity contribution in [1.82, 2.24) is 0 Å². The molecule has 0 atom stereocenters. The van der Waals surface area contributed by atoms with Crippen LogP contribution in [0.5, 0.6) is 11.5 Å². The van der Waals surface area contributed by atoms with E-state index < -0.39 is 11.8 Å². The maximum absolute atomic E-state index is 12.9. The topological polar surface area (TPSA) is 67.9 Å². The van der Waals surface area contributed by atoms with Crippen molar-refractivity contribution in [2.45, 2.75) is 0 Å². The summed E-state index contributed by atoms with van der Waals surface area (Å²) >= 11 is 18.1. The summed E-state index contributed by atoms with van der Waals surface area (Å²) in [5.41, 5.74) is 0.498. The molecule has 0 unspecified atom stereocenters. The Balaban J connectivity index is 1.98. The molecule has 2 amide bonds. The Morgan fingerprint density at radius 2 is 1.67 bits per heavy atom. The number of imide groups is 1. The second-order valence-corrected chi connectivity index (χ2v) is 6.64. The van der Waals surface area contributed by atoms with Crippen LogP contribution in [-0.4, -0.2) is 26.0 Å². The molecule has 0 saturated carbocycles. The Morgan fingerprint density at radius 1 is 0.926 bits per heavy atom. The molecular weight excluding hydrogens is 415 g/mol. The van der Waals surface area contributed by atoms with Crippen LogP contribution in [0.25, 0.3) is 0 Å². The summed E-state index contributed by atoms with van der Waals surface area (Å²) in [6, 6.07) is 9.40. The van der Waals surface area contributed by atoms with E-state index in [0.717, 1.165) is 4.90 Å². The number of hydrogen-bond acceptors (Lipinski definition) is 5. The van der Waals surface area contributed by atoms with Crippen LogP contribution in [0.3, 0.4) is 0 Å². The lowest BCUT2D eigenvalue weighted by molar-refractivity contribution is -0.120. The van der Waals surface area contributed by atoms with Crippen LogP contribution in [-0.2, 0) is 9.59 Å². The summed E-state index contributed by atoms with van der Waals surface area (Å²) in [4.78, 5) is 26.3. The Bertz CT molecular complexity index is 975. The average molecular weight is 428 g/mol. The number of hydrogen-bond donors (Lipinski definition) is 1. The minimum absolute atomic E-state index is 0.0979. The van der Waals surface area contributed by atoms with E-state index in [0.29, 0.717) is 22.2 Å². The molecule has 1 N–H and O–H groups in total. The molecule has 0 aromatic heterocycles. The summed E-state index contributed by atoms with van der Waals surface area (Å²) in [6.07, 6.45) is 0. The SMILES string of the molecule is COc1ccc(OC)c(NC2=C(Cl)C(=O)N(c3ccc(Cl)cc3Cl)C2=O)c1. The fourth-order valence-corrected chi connectivity index (χ4v) is 3.24. The Kier molecular flexibility index (Phi) is 5.51. The first-order valence-electron chi connectivity index (χ1n) is 7.60. The predicted molar refractivity (Wildman–Crippen MR) is 105 cm³/mol. The number of methoxy groups -OCH3 is 2. The minimum Gasteiger partial charge on any atom is -0.497 e. The largest absolute Gasteiger partial charge is 0.497 e. The number of ether oxygens (including phenoxy) is 2. The van der Waals surface area contributed by atoms with Gasteiger partial charge in [0.2, 0.25) is 0 Å². The van der Waals surface area contributed by atoms with Gasteiger partial charge in [-0.05, 0) is 30.3 Å². The van der Waals surface area contributed by atoms with Gasteiger partial charge < -0.3 is 14.8 Å². The monoisotopic (exact) mass is 426 g/mol. The highest BCUT2D eigenvalue weighted by molar-refractivity contribution is 6.54. The van der Waals surface area contributed by atoms with Crippen LogP contribution in [0.2, 0.25) is 10.0 Å². The molecule has 1 heterocycles. The van der Waals surface area contributed by atoms with Gasteiger partial charge in [-0.25, -0.2) is 4.90 Å². The van der Waals surface area contributed by atoms with E-state index in [9.17, 15) is 9.59 Å². The first-order chi connectivity index (χ1) is 12.9. The number of nitrogens with one attached hydrogen (secondary N) is 1. The van der Waals surface area contributed by atoms with Crippen molar-refractivity contribution in [2.75, 3.05) is 24.4 Å². The van der Waals surface area contributed by atoms with E-state index in [4.69, 9.17) is 44.3 Å². The fourth-order valence-electron chi connectivity index (χ4n) is 2.54. The number of nitrogens with zero attached hydrogens (tertiary/aromatic N) is 1. The summed E-state index contributed by atoms with van der Waals surface area (Å²) < 4.78 is 10.4. The zero-order valence-electron chi connectivity index (χ0n) is 14.2. The second kappa shape index (κ2) is 7.68. The Hall–Kier alpha value is -2.41. The summed E-state index contributed by atoms with van der Waals surface area (Å²) in [5.74, 6) is -0.380. The van der Waals surface area contributed by atoms with E-state index in [1.54, 1.807) is 18.2 Å². The highest BCUT2D eigenvalue weighted by Gasteiger charge is 2.40. The van der Waals surface area contributed by atoms with Gasteiger partial charge in [-0.15, -0.1) is 0 Å². The summed E-state index contributed by atoms with van der Waals surface area (Å²) in [7, 11) is 2.98. The molecule has 0 bridgehead atoms. The zero-order valence-corrected chi connectivity index (χ0v) is 16.4. The van der Waals surface area contributed by atoms with Crippen LogP contribution < -0.4 is 19.7 Å². The maximum atomic E-state index is 12.9. The Labute approximate surface area is 170 Å². The molecule has 0 fully saturated rings. The van der Waals surface area contributed by atoms with Gasteiger partial charge in [0.25, 0.3) is 11.8 Å². The van der Waals surface area contributed by atoms with Crippen molar-refractivity contribution in [1.29, 1.82) is 0 Å². The molecule has 1 aliphatic rings. The van der Waals surface area contributed by atoms with Crippen molar-refractivity contribution in [2.24, 2.45) is 0 Å². The van der Waals surface area contributed by atoms with Crippen LogP contribution >= 0.6 is 34.8 Å². The van der Waals surface area contributed by atoms with Gasteiger partial charge >= 0.3 is 0 Å². The minimum atomic E-state index is -0.699. The lowest BCUT2D eigenvalue weighted by Crippen LogP contribution is -2.32. The lowest BCUT2D eigenvalue weighted by atomic mass is 10.2. The highest BCUT2D eigenvalue weighted by atomic mass is 35.5. The van der Waals surface area contributed by atoms with Gasteiger partial charge in [0.05, 0.1) is 30.6 Å². The molecule has 0 radical (unpaired) electrons. The molecule has 3 rings (SSSR count). The highest BCUT2D eigenvalue weighted by Crippen LogP contribution is 2.37. The van der Waals surface area contributed by atoms with E-state index in [1.165, 1.54) is 32.4 Å². The second-order valence-electron chi connectivity index (χ2n) is 5.42. The van der Waals surface area contributed by atoms with Crippen molar-refractivity contribution in [3.8, 4) is 11.5 Å². The number of halogens is 3. The van der Waals surface area contributed by atoms with Crippen LogP contribution in [0, 0.1) is 0 Å². The molecule has 0 spiro atoms. The molecule has 0 aliphatic carbocycles. The summed E-state index contributed by atoms with van der Waals surface area (Å²) in [6.45, 7) is 0. The van der Waals surface area contributed by atoms with Crippen molar-refractivity contribution < 1.29 is 19.1 Å². The van der Waals surface area contributed by atoms with Gasteiger partial charge in [0.1, 0.15) is 22.2 Å². The van der Waals surface area contributed by atoms with Crippen LogP contribution in [0.4, 0.5) is 11.4 Å². The van der Waals surface area contributed by atoms with Gasteiger partial charge in [0, 0.05) is 11.1 Å². The maximum Gasteiger partial charge on any atom is 0.283 e. The first-order valence-corrected chi connectivity index (χ1v) is 8.73.